The summed E-state index contributed by atoms with van der Waals surface area (Å²) in [6, 6.07) is 0. The number of amides is 1. The van der Waals surface area contributed by atoms with E-state index in [9.17, 15) is 9.59 Å². The third-order valence-corrected chi connectivity index (χ3v) is 3.89. The molecule has 0 aliphatic carbocycles. The van der Waals surface area contributed by atoms with Crippen LogP contribution >= 0.6 is 0 Å². The third-order valence-electron chi connectivity index (χ3n) is 3.89. The number of carboxylic acid groups (broad SMARTS) is 1. The number of hydrogen-bond donors (Lipinski definition) is 1. The Balaban J connectivity index is 1.80. The molecule has 0 saturated carbocycles. The minimum atomic E-state index is -1.01. The van der Waals surface area contributed by atoms with Gasteiger partial charge in [0.15, 0.2) is 6.10 Å². The van der Waals surface area contributed by atoms with E-state index < -0.39 is 12.1 Å². The van der Waals surface area contributed by atoms with Crippen molar-refractivity contribution in [2.24, 2.45) is 0 Å². The van der Waals surface area contributed by atoms with Gasteiger partial charge < -0.3 is 19.5 Å². The van der Waals surface area contributed by atoms with Crippen molar-refractivity contribution in [3.63, 3.8) is 0 Å². The standard InChI is InChI=1S/C14H23NO5/c1-9-3-4-11(19-9)5-6-13(16)15-7-10(2)20-12(8-15)14(17)18/h9-12H,3-8H2,1-2H3,(H,17,18)/t9?,10-,11?,12?/m1/s1. The summed E-state index contributed by atoms with van der Waals surface area (Å²) in [6.07, 6.45) is 2.49. The molecular weight excluding hydrogens is 262 g/mol. The Labute approximate surface area is 119 Å². The molecule has 2 aliphatic rings. The van der Waals surface area contributed by atoms with Gasteiger partial charge in [0.2, 0.25) is 5.91 Å². The fourth-order valence-electron chi connectivity index (χ4n) is 2.83. The van der Waals surface area contributed by atoms with Crippen LogP contribution in [0.1, 0.15) is 39.5 Å². The summed E-state index contributed by atoms with van der Waals surface area (Å²) in [7, 11) is 0. The second kappa shape index (κ2) is 6.54. The Kier molecular flexibility index (Phi) is 4.99. The number of aliphatic carboxylic acids is 1. The van der Waals surface area contributed by atoms with E-state index >= 15 is 0 Å². The van der Waals surface area contributed by atoms with Gasteiger partial charge in [-0.05, 0) is 33.1 Å². The Morgan fingerprint density at radius 2 is 1.90 bits per heavy atom. The van der Waals surface area contributed by atoms with E-state index in [0.29, 0.717) is 19.4 Å². The number of carboxylic acids is 1. The van der Waals surface area contributed by atoms with Crippen molar-refractivity contribution in [3.8, 4) is 0 Å². The van der Waals surface area contributed by atoms with Crippen LogP contribution in [0.2, 0.25) is 0 Å². The molecule has 0 aromatic heterocycles. The summed E-state index contributed by atoms with van der Waals surface area (Å²) >= 11 is 0. The monoisotopic (exact) mass is 285 g/mol. The molecule has 0 aromatic carbocycles. The van der Waals surface area contributed by atoms with Crippen molar-refractivity contribution in [3.05, 3.63) is 0 Å². The highest BCUT2D eigenvalue weighted by molar-refractivity contribution is 5.78. The van der Waals surface area contributed by atoms with Crippen LogP contribution < -0.4 is 0 Å². The average Bonchev–Trinajstić information content (AvgIpc) is 2.81. The first-order valence-electron chi connectivity index (χ1n) is 7.27. The van der Waals surface area contributed by atoms with E-state index in [1.807, 2.05) is 6.92 Å². The minimum absolute atomic E-state index is 0.00504. The quantitative estimate of drug-likeness (QED) is 0.835. The molecule has 2 rings (SSSR count). The van der Waals surface area contributed by atoms with E-state index in [-0.39, 0.29) is 30.8 Å². The molecule has 3 unspecified atom stereocenters. The number of ether oxygens (including phenoxy) is 2. The van der Waals surface area contributed by atoms with Crippen molar-refractivity contribution in [2.45, 2.75) is 63.9 Å². The van der Waals surface area contributed by atoms with Gasteiger partial charge in [-0.1, -0.05) is 0 Å². The third kappa shape index (κ3) is 3.93. The highest BCUT2D eigenvalue weighted by Gasteiger charge is 2.33. The summed E-state index contributed by atoms with van der Waals surface area (Å²) in [6.45, 7) is 4.44. The van der Waals surface area contributed by atoms with Crippen LogP contribution in [0.4, 0.5) is 0 Å². The molecule has 6 nitrogen and oxygen atoms in total. The lowest BCUT2D eigenvalue weighted by Gasteiger charge is -2.35. The van der Waals surface area contributed by atoms with Gasteiger partial charge in [-0.25, -0.2) is 4.79 Å². The van der Waals surface area contributed by atoms with Crippen molar-refractivity contribution < 1.29 is 24.2 Å². The molecular formula is C14H23NO5. The van der Waals surface area contributed by atoms with Crippen molar-refractivity contribution >= 4 is 11.9 Å². The largest absolute Gasteiger partial charge is 0.479 e. The van der Waals surface area contributed by atoms with Crippen LogP contribution in [0.25, 0.3) is 0 Å². The molecule has 1 N–H and O–H groups in total. The van der Waals surface area contributed by atoms with E-state index in [0.717, 1.165) is 12.8 Å². The topological polar surface area (TPSA) is 76.1 Å². The lowest BCUT2D eigenvalue weighted by Crippen LogP contribution is -2.51. The molecule has 2 fully saturated rings. The van der Waals surface area contributed by atoms with Crippen molar-refractivity contribution in [1.29, 1.82) is 0 Å². The van der Waals surface area contributed by atoms with Crippen LogP contribution in [-0.2, 0) is 19.1 Å². The van der Waals surface area contributed by atoms with E-state index in [2.05, 4.69) is 0 Å². The number of carbonyl (C=O) groups excluding carboxylic acids is 1. The molecule has 1 amide bonds. The lowest BCUT2D eigenvalue weighted by molar-refractivity contribution is -0.166. The molecule has 0 bridgehead atoms. The van der Waals surface area contributed by atoms with Crippen LogP contribution in [0.15, 0.2) is 0 Å². The summed E-state index contributed by atoms with van der Waals surface area (Å²) < 4.78 is 11.0. The molecule has 2 aliphatic heterocycles. The van der Waals surface area contributed by atoms with Crippen LogP contribution in [0.5, 0.6) is 0 Å². The number of rotatable bonds is 4. The number of carbonyl (C=O) groups is 2. The Hall–Kier alpha value is -1.14. The second-order valence-corrected chi connectivity index (χ2v) is 5.76. The summed E-state index contributed by atoms with van der Waals surface area (Å²) in [4.78, 5) is 24.8. The fourth-order valence-corrected chi connectivity index (χ4v) is 2.83. The van der Waals surface area contributed by atoms with E-state index in [4.69, 9.17) is 14.6 Å². The zero-order valence-electron chi connectivity index (χ0n) is 12.1. The van der Waals surface area contributed by atoms with Crippen LogP contribution in [0.3, 0.4) is 0 Å². The molecule has 0 radical (unpaired) electrons. The number of morpholine rings is 1. The fraction of sp³-hybridized carbons (Fsp3) is 0.857. The predicted molar refractivity (Wildman–Crippen MR) is 71.4 cm³/mol. The van der Waals surface area contributed by atoms with Crippen molar-refractivity contribution in [2.75, 3.05) is 13.1 Å². The zero-order chi connectivity index (χ0) is 14.7. The zero-order valence-corrected chi connectivity index (χ0v) is 12.1. The summed E-state index contributed by atoms with van der Waals surface area (Å²) in [5.74, 6) is -1.02. The predicted octanol–water partition coefficient (Wildman–Crippen LogP) is 1.03. The second-order valence-electron chi connectivity index (χ2n) is 5.76. The maximum absolute atomic E-state index is 12.2. The molecule has 6 heteroatoms. The highest BCUT2D eigenvalue weighted by Crippen LogP contribution is 2.23. The first kappa shape index (κ1) is 15.3. The first-order chi connectivity index (χ1) is 9.45. The summed E-state index contributed by atoms with van der Waals surface area (Å²) in [5.41, 5.74) is 0. The van der Waals surface area contributed by atoms with Gasteiger partial charge in [-0.2, -0.15) is 0 Å². The smallest absolute Gasteiger partial charge is 0.334 e. The lowest BCUT2D eigenvalue weighted by atomic mass is 10.1. The average molecular weight is 285 g/mol. The summed E-state index contributed by atoms with van der Waals surface area (Å²) in [5, 5.41) is 9.00. The Bertz CT molecular complexity index is 373. The van der Waals surface area contributed by atoms with Gasteiger partial charge in [0.25, 0.3) is 0 Å². The minimum Gasteiger partial charge on any atom is -0.479 e. The van der Waals surface area contributed by atoms with E-state index in [1.165, 1.54) is 0 Å². The molecule has 114 valence electrons. The number of hydrogen-bond acceptors (Lipinski definition) is 4. The van der Waals surface area contributed by atoms with Gasteiger partial charge in [0.1, 0.15) is 0 Å². The van der Waals surface area contributed by atoms with Crippen LogP contribution in [0, 0.1) is 0 Å². The van der Waals surface area contributed by atoms with E-state index in [1.54, 1.807) is 11.8 Å². The van der Waals surface area contributed by atoms with Gasteiger partial charge in [-0.15, -0.1) is 0 Å². The maximum Gasteiger partial charge on any atom is 0.334 e. The molecule has 20 heavy (non-hydrogen) atoms. The van der Waals surface area contributed by atoms with Crippen molar-refractivity contribution in [1.82, 2.24) is 4.90 Å². The Morgan fingerprint density at radius 1 is 1.15 bits per heavy atom. The molecule has 4 atom stereocenters. The van der Waals surface area contributed by atoms with Gasteiger partial charge in [0.05, 0.1) is 24.9 Å². The molecule has 2 heterocycles. The maximum atomic E-state index is 12.2. The molecule has 0 aromatic rings. The van der Waals surface area contributed by atoms with Gasteiger partial charge in [-0.3, -0.25) is 4.79 Å². The van der Waals surface area contributed by atoms with Gasteiger partial charge in [0, 0.05) is 13.0 Å². The first-order valence-corrected chi connectivity index (χ1v) is 7.27. The number of nitrogens with zero attached hydrogens (tertiary/aromatic N) is 1. The van der Waals surface area contributed by atoms with Gasteiger partial charge >= 0.3 is 5.97 Å². The normalized spacial score (nSPS) is 34.2. The highest BCUT2D eigenvalue weighted by atomic mass is 16.5. The SMILES string of the molecule is CC1CCC(CCC(=O)N2CC(C(=O)O)O[C@H](C)C2)O1. The molecule has 0 spiro atoms. The molecule has 2 saturated heterocycles. The Morgan fingerprint density at radius 3 is 2.50 bits per heavy atom. The van der Waals surface area contributed by atoms with Crippen LogP contribution in [-0.4, -0.2) is 59.4 Å².